The highest BCUT2D eigenvalue weighted by Crippen LogP contribution is 2.36. The van der Waals surface area contributed by atoms with E-state index >= 15 is 0 Å². The standard InChI is InChI=1S/C23H27FN2O3/c1-15-12-20(17-4-2-5-17)29-23(28)21(15)22(27)25-19-6-3-11-26(14-19)13-16-7-9-18(24)10-8-16/h7-10,12,17,19H,2-6,11,13-14H2,1H3,(H,25,27). The number of rotatable bonds is 5. The monoisotopic (exact) mass is 398 g/mol. The van der Waals surface area contributed by atoms with Crippen LogP contribution in [0.5, 0.6) is 0 Å². The number of carbonyl (C=O) groups excluding carboxylic acids is 1. The van der Waals surface area contributed by atoms with Gasteiger partial charge >= 0.3 is 5.63 Å². The predicted molar refractivity (Wildman–Crippen MR) is 108 cm³/mol. The molecule has 4 rings (SSSR count). The summed E-state index contributed by atoms with van der Waals surface area (Å²) in [6.45, 7) is 4.15. The first kappa shape index (κ1) is 19.8. The Morgan fingerprint density at radius 1 is 1.21 bits per heavy atom. The molecule has 5 nitrogen and oxygen atoms in total. The average molecular weight is 398 g/mol. The highest BCUT2D eigenvalue weighted by atomic mass is 19.1. The molecular weight excluding hydrogens is 371 g/mol. The van der Waals surface area contributed by atoms with Gasteiger partial charge in [-0.3, -0.25) is 9.69 Å². The van der Waals surface area contributed by atoms with Gasteiger partial charge in [0.25, 0.3) is 5.91 Å². The van der Waals surface area contributed by atoms with Crippen molar-refractivity contribution in [3.8, 4) is 0 Å². The second-order valence-electron chi connectivity index (χ2n) is 8.30. The van der Waals surface area contributed by atoms with Crippen LogP contribution in [0.15, 0.2) is 39.5 Å². The SMILES string of the molecule is Cc1cc(C2CCC2)oc(=O)c1C(=O)NC1CCCN(Cc2ccc(F)cc2)C1. The maximum absolute atomic E-state index is 13.1. The molecule has 0 radical (unpaired) electrons. The van der Waals surface area contributed by atoms with Gasteiger partial charge in [-0.05, 0) is 68.5 Å². The fourth-order valence-corrected chi connectivity index (χ4v) is 4.22. The Hall–Kier alpha value is -2.47. The number of likely N-dealkylation sites (tertiary alicyclic amines) is 1. The quantitative estimate of drug-likeness (QED) is 0.833. The maximum Gasteiger partial charge on any atom is 0.349 e. The van der Waals surface area contributed by atoms with Gasteiger partial charge in [-0.1, -0.05) is 18.6 Å². The third kappa shape index (κ3) is 4.58. The fraction of sp³-hybridized carbons (Fsp3) is 0.478. The van der Waals surface area contributed by atoms with Crippen LogP contribution in [0.3, 0.4) is 0 Å². The molecule has 0 bridgehead atoms. The molecule has 1 saturated heterocycles. The molecular formula is C23H27FN2O3. The molecule has 1 N–H and O–H groups in total. The molecule has 29 heavy (non-hydrogen) atoms. The summed E-state index contributed by atoms with van der Waals surface area (Å²) in [4.78, 5) is 27.5. The van der Waals surface area contributed by atoms with Gasteiger partial charge in [0.05, 0.1) is 0 Å². The minimum Gasteiger partial charge on any atom is -0.427 e. The summed E-state index contributed by atoms with van der Waals surface area (Å²) in [6.07, 6.45) is 5.07. The number of hydrogen-bond donors (Lipinski definition) is 1. The highest BCUT2D eigenvalue weighted by Gasteiger charge is 2.27. The Kier molecular flexibility index (Phi) is 5.81. The summed E-state index contributed by atoms with van der Waals surface area (Å²) in [6, 6.07) is 8.33. The van der Waals surface area contributed by atoms with Crippen LogP contribution in [0.4, 0.5) is 4.39 Å². The smallest absolute Gasteiger partial charge is 0.349 e. The molecule has 6 heteroatoms. The van der Waals surface area contributed by atoms with Crippen molar-refractivity contribution in [1.29, 1.82) is 0 Å². The zero-order valence-corrected chi connectivity index (χ0v) is 16.7. The summed E-state index contributed by atoms with van der Waals surface area (Å²) in [5.74, 6) is 0.426. The van der Waals surface area contributed by atoms with E-state index in [-0.39, 0.29) is 23.3 Å². The summed E-state index contributed by atoms with van der Waals surface area (Å²) >= 11 is 0. The van der Waals surface area contributed by atoms with E-state index in [1.807, 2.05) is 6.07 Å². The number of amides is 1. The van der Waals surface area contributed by atoms with Gasteiger partial charge in [0.15, 0.2) is 0 Å². The molecule has 2 aromatic rings. The van der Waals surface area contributed by atoms with Gasteiger partial charge in [-0.25, -0.2) is 9.18 Å². The molecule has 1 amide bonds. The lowest BCUT2D eigenvalue weighted by Gasteiger charge is -2.33. The van der Waals surface area contributed by atoms with Gasteiger partial charge in [0, 0.05) is 25.0 Å². The van der Waals surface area contributed by atoms with Crippen LogP contribution in [0.25, 0.3) is 0 Å². The molecule has 1 saturated carbocycles. The molecule has 1 aromatic carbocycles. The van der Waals surface area contributed by atoms with Crippen molar-refractivity contribution >= 4 is 5.91 Å². The van der Waals surface area contributed by atoms with Crippen LogP contribution < -0.4 is 10.9 Å². The number of nitrogens with one attached hydrogen (secondary N) is 1. The zero-order chi connectivity index (χ0) is 20.4. The lowest BCUT2D eigenvalue weighted by Crippen LogP contribution is -2.48. The lowest BCUT2D eigenvalue weighted by atomic mass is 9.83. The Bertz CT molecular complexity index is 934. The van der Waals surface area contributed by atoms with Crippen molar-refractivity contribution in [3.63, 3.8) is 0 Å². The normalized spacial score (nSPS) is 20.3. The lowest BCUT2D eigenvalue weighted by molar-refractivity contribution is 0.0895. The third-order valence-electron chi connectivity index (χ3n) is 6.06. The Morgan fingerprint density at radius 2 is 1.97 bits per heavy atom. The van der Waals surface area contributed by atoms with Crippen LogP contribution in [-0.2, 0) is 6.54 Å². The Morgan fingerprint density at radius 3 is 2.62 bits per heavy atom. The van der Waals surface area contributed by atoms with E-state index in [2.05, 4.69) is 10.2 Å². The third-order valence-corrected chi connectivity index (χ3v) is 6.06. The number of benzene rings is 1. The van der Waals surface area contributed by atoms with E-state index in [1.54, 1.807) is 19.1 Å². The van der Waals surface area contributed by atoms with Gasteiger partial charge in [-0.15, -0.1) is 0 Å². The van der Waals surface area contributed by atoms with Crippen molar-refractivity contribution in [2.45, 2.75) is 57.5 Å². The minimum absolute atomic E-state index is 0.0261. The van der Waals surface area contributed by atoms with E-state index in [9.17, 15) is 14.0 Å². The number of hydrogen-bond acceptors (Lipinski definition) is 4. The van der Waals surface area contributed by atoms with E-state index in [0.717, 1.165) is 44.2 Å². The van der Waals surface area contributed by atoms with Crippen molar-refractivity contribution in [2.24, 2.45) is 0 Å². The summed E-state index contributed by atoms with van der Waals surface area (Å²) < 4.78 is 18.6. The molecule has 2 heterocycles. The molecule has 154 valence electrons. The number of piperidine rings is 1. The molecule has 2 fully saturated rings. The molecule has 1 unspecified atom stereocenters. The van der Waals surface area contributed by atoms with Gasteiger partial charge < -0.3 is 9.73 Å². The van der Waals surface area contributed by atoms with Crippen LogP contribution in [0.2, 0.25) is 0 Å². The first-order valence-corrected chi connectivity index (χ1v) is 10.4. The van der Waals surface area contributed by atoms with Crippen molar-refractivity contribution in [2.75, 3.05) is 13.1 Å². The first-order valence-electron chi connectivity index (χ1n) is 10.4. The second kappa shape index (κ2) is 8.49. The largest absolute Gasteiger partial charge is 0.427 e. The van der Waals surface area contributed by atoms with Gasteiger partial charge in [0.2, 0.25) is 0 Å². The molecule has 1 aromatic heterocycles. The molecule has 1 aliphatic carbocycles. The van der Waals surface area contributed by atoms with Crippen molar-refractivity contribution in [1.82, 2.24) is 10.2 Å². The minimum atomic E-state index is -0.539. The van der Waals surface area contributed by atoms with Gasteiger partial charge in [-0.2, -0.15) is 0 Å². The first-order chi connectivity index (χ1) is 14.0. The number of halogens is 1. The number of nitrogens with zero attached hydrogens (tertiary/aromatic N) is 1. The fourth-order valence-electron chi connectivity index (χ4n) is 4.22. The maximum atomic E-state index is 13.1. The summed E-state index contributed by atoms with van der Waals surface area (Å²) in [7, 11) is 0. The molecule has 1 atom stereocenters. The highest BCUT2D eigenvalue weighted by molar-refractivity contribution is 5.95. The van der Waals surface area contributed by atoms with E-state index in [1.165, 1.54) is 12.1 Å². The van der Waals surface area contributed by atoms with Crippen LogP contribution in [0, 0.1) is 12.7 Å². The summed E-state index contributed by atoms with van der Waals surface area (Å²) in [5, 5.41) is 3.02. The second-order valence-corrected chi connectivity index (χ2v) is 8.30. The number of carbonyl (C=O) groups is 1. The van der Waals surface area contributed by atoms with Crippen LogP contribution in [-0.4, -0.2) is 29.9 Å². The topological polar surface area (TPSA) is 62.6 Å². The Balaban J connectivity index is 1.40. The molecule has 0 spiro atoms. The number of aryl methyl sites for hydroxylation is 1. The van der Waals surface area contributed by atoms with Crippen LogP contribution in [0.1, 0.15) is 65.3 Å². The summed E-state index contributed by atoms with van der Waals surface area (Å²) in [5.41, 5.74) is 1.30. The van der Waals surface area contributed by atoms with Crippen LogP contribution >= 0.6 is 0 Å². The zero-order valence-electron chi connectivity index (χ0n) is 16.7. The average Bonchev–Trinajstić information content (AvgIpc) is 2.62. The van der Waals surface area contributed by atoms with E-state index in [0.29, 0.717) is 30.3 Å². The van der Waals surface area contributed by atoms with E-state index in [4.69, 9.17) is 4.42 Å². The molecule has 1 aliphatic heterocycles. The van der Waals surface area contributed by atoms with Crippen molar-refractivity contribution in [3.05, 3.63) is 69.0 Å². The van der Waals surface area contributed by atoms with Crippen molar-refractivity contribution < 1.29 is 13.6 Å². The Labute approximate surface area is 169 Å². The molecule has 2 aliphatic rings. The van der Waals surface area contributed by atoms with Gasteiger partial charge in [0.1, 0.15) is 17.1 Å². The van der Waals surface area contributed by atoms with E-state index < -0.39 is 5.63 Å². The predicted octanol–water partition coefficient (Wildman–Crippen LogP) is 3.75.